The second-order valence-corrected chi connectivity index (χ2v) is 3.96. The Bertz CT molecular complexity index is 128. The Kier molecular flexibility index (Phi) is 1.55. The molecule has 0 N–H and O–H groups in total. The number of rotatable bonds is 2. The number of hydrogen-bond acceptors (Lipinski definition) is 0. The van der Waals surface area contributed by atoms with Gasteiger partial charge >= 0.3 is 0 Å². The third-order valence-corrected chi connectivity index (χ3v) is 3.35. The summed E-state index contributed by atoms with van der Waals surface area (Å²) >= 11 is 0. The molecule has 0 saturated heterocycles. The minimum atomic E-state index is 1.02. The summed E-state index contributed by atoms with van der Waals surface area (Å²) in [5.74, 6) is 3.24. The van der Waals surface area contributed by atoms with Crippen LogP contribution in [0.3, 0.4) is 0 Å². The third-order valence-electron chi connectivity index (χ3n) is 3.35. The van der Waals surface area contributed by atoms with Crippen molar-refractivity contribution in [3.05, 3.63) is 12.7 Å². The van der Waals surface area contributed by atoms with E-state index in [-0.39, 0.29) is 0 Å². The van der Waals surface area contributed by atoms with Gasteiger partial charge in [0, 0.05) is 0 Å². The minimum Gasteiger partial charge on any atom is -0.103 e. The number of hydrogen-bond donors (Lipinski definition) is 0. The van der Waals surface area contributed by atoms with Crippen LogP contribution in [0.4, 0.5) is 0 Å². The van der Waals surface area contributed by atoms with Gasteiger partial charge in [-0.2, -0.15) is 0 Å². The predicted molar refractivity (Wildman–Crippen MR) is 43.8 cm³/mol. The Morgan fingerprint density at radius 1 is 1.30 bits per heavy atom. The van der Waals surface area contributed by atoms with E-state index in [1.165, 1.54) is 19.3 Å². The number of fused-ring (bicyclic) bond motifs is 2. The van der Waals surface area contributed by atoms with Gasteiger partial charge in [0.15, 0.2) is 0 Å². The van der Waals surface area contributed by atoms with Crippen LogP contribution >= 0.6 is 0 Å². The highest BCUT2D eigenvalue weighted by Gasteiger charge is 2.38. The van der Waals surface area contributed by atoms with Gasteiger partial charge in [-0.15, -0.1) is 6.58 Å². The molecular weight excluding hydrogens is 120 g/mol. The van der Waals surface area contributed by atoms with Crippen molar-refractivity contribution in [2.75, 3.05) is 0 Å². The van der Waals surface area contributed by atoms with Crippen molar-refractivity contribution in [1.82, 2.24) is 0 Å². The lowest BCUT2D eigenvalue weighted by Crippen LogP contribution is -2.35. The molecule has 3 aliphatic rings. The topological polar surface area (TPSA) is 0 Å². The minimum absolute atomic E-state index is 1.02. The van der Waals surface area contributed by atoms with Crippen LogP contribution in [-0.2, 0) is 0 Å². The molecule has 56 valence electrons. The average Bonchev–Trinajstić information content (AvgIpc) is 1.87. The fraction of sp³-hybridized carbons (Fsp3) is 0.800. The van der Waals surface area contributed by atoms with Gasteiger partial charge in [0.25, 0.3) is 0 Å². The van der Waals surface area contributed by atoms with E-state index in [9.17, 15) is 0 Å². The summed E-state index contributed by atoms with van der Waals surface area (Å²) in [6, 6.07) is 0. The zero-order chi connectivity index (χ0) is 6.97. The van der Waals surface area contributed by atoms with Gasteiger partial charge in [0.2, 0.25) is 0 Å². The molecule has 0 heteroatoms. The van der Waals surface area contributed by atoms with E-state index >= 15 is 0 Å². The van der Waals surface area contributed by atoms with Crippen LogP contribution in [0.2, 0.25) is 0 Å². The van der Waals surface area contributed by atoms with E-state index in [1.54, 1.807) is 12.8 Å². The molecule has 2 bridgehead atoms. The molecule has 0 aromatic heterocycles. The number of allylic oxidation sites excluding steroid dienone is 1. The molecule has 0 radical (unpaired) electrons. The average molecular weight is 136 g/mol. The van der Waals surface area contributed by atoms with Crippen molar-refractivity contribution in [1.29, 1.82) is 0 Å². The van der Waals surface area contributed by atoms with Crippen LogP contribution in [0.25, 0.3) is 0 Å². The summed E-state index contributed by atoms with van der Waals surface area (Å²) in [5.41, 5.74) is 0. The molecule has 1 unspecified atom stereocenters. The monoisotopic (exact) mass is 136 g/mol. The smallest absolute Gasteiger partial charge is 0.0322 e. The summed E-state index contributed by atoms with van der Waals surface area (Å²) in [6.45, 7) is 3.81. The third kappa shape index (κ3) is 0.902. The maximum absolute atomic E-state index is 3.81. The first-order chi connectivity index (χ1) is 4.90. The first-order valence-corrected chi connectivity index (χ1v) is 4.51. The molecule has 0 aromatic rings. The summed E-state index contributed by atoms with van der Waals surface area (Å²) < 4.78 is 0. The molecule has 0 nitrogen and oxygen atoms in total. The predicted octanol–water partition coefficient (Wildman–Crippen LogP) is 3.00. The zero-order valence-corrected chi connectivity index (χ0v) is 6.55. The van der Waals surface area contributed by atoms with E-state index in [1.807, 2.05) is 0 Å². The molecule has 3 rings (SSSR count). The molecule has 1 atom stereocenters. The zero-order valence-electron chi connectivity index (χ0n) is 6.55. The second kappa shape index (κ2) is 2.41. The normalized spacial score (nSPS) is 44.2. The second-order valence-electron chi connectivity index (χ2n) is 3.96. The van der Waals surface area contributed by atoms with Crippen molar-refractivity contribution in [2.45, 2.75) is 32.1 Å². The Labute approximate surface area is 63.3 Å². The van der Waals surface area contributed by atoms with Crippen molar-refractivity contribution < 1.29 is 0 Å². The molecule has 10 heavy (non-hydrogen) atoms. The van der Waals surface area contributed by atoms with E-state index in [4.69, 9.17) is 0 Å². The summed E-state index contributed by atoms with van der Waals surface area (Å²) in [5, 5.41) is 0. The highest BCUT2D eigenvalue weighted by molar-refractivity contribution is 4.92. The van der Waals surface area contributed by atoms with Gasteiger partial charge in [-0.1, -0.05) is 12.5 Å². The molecule has 3 fully saturated rings. The SMILES string of the molecule is C=CCC1CCC2CC1C2. The Morgan fingerprint density at radius 3 is 2.60 bits per heavy atom. The van der Waals surface area contributed by atoms with E-state index < -0.39 is 0 Å². The first-order valence-electron chi connectivity index (χ1n) is 4.51. The van der Waals surface area contributed by atoms with Crippen LogP contribution in [0.15, 0.2) is 12.7 Å². The molecule has 0 heterocycles. The van der Waals surface area contributed by atoms with Gasteiger partial charge in [-0.25, -0.2) is 0 Å². The van der Waals surface area contributed by atoms with E-state index in [2.05, 4.69) is 12.7 Å². The van der Waals surface area contributed by atoms with Crippen LogP contribution in [0.1, 0.15) is 32.1 Å². The summed E-state index contributed by atoms with van der Waals surface area (Å²) in [6.07, 6.45) is 9.45. The molecule has 0 aliphatic heterocycles. The van der Waals surface area contributed by atoms with Gasteiger partial charge in [0.05, 0.1) is 0 Å². The fourth-order valence-corrected chi connectivity index (χ4v) is 2.62. The maximum Gasteiger partial charge on any atom is -0.0322 e. The fourth-order valence-electron chi connectivity index (χ4n) is 2.62. The molecule has 0 spiro atoms. The highest BCUT2D eigenvalue weighted by atomic mass is 14.4. The molecule has 3 saturated carbocycles. The molecule has 3 aliphatic carbocycles. The van der Waals surface area contributed by atoms with E-state index in [0.29, 0.717) is 0 Å². The highest BCUT2D eigenvalue weighted by Crippen LogP contribution is 2.49. The Morgan fingerprint density at radius 2 is 2.10 bits per heavy atom. The lowest BCUT2D eigenvalue weighted by atomic mass is 9.59. The van der Waals surface area contributed by atoms with Crippen molar-refractivity contribution in [2.24, 2.45) is 17.8 Å². The molecule has 0 aromatic carbocycles. The standard InChI is InChI=1S/C10H16/c1-2-3-9-5-4-8-6-10(9)7-8/h2,8-10H,1,3-7H2. The molecule has 0 amide bonds. The van der Waals surface area contributed by atoms with Crippen molar-refractivity contribution in [3.63, 3.8) is 0 Å². The maximum atomic E-state index is 3.81. The summed E-state index contributed by atoms with van der Waals surface area (Å²) in [4.78, 5) is 0. The van der Waals surface area contributed by atoms with Crippen LogP contribution in [0, 0.1) is 17.8 Å². The first kappa shape index (κ1) is 6.45. The Balaban J connectivity index is 1.89. The van der Waals surface area contributed by atoms with E-state index in [0.717, 1.165) is 17.8 Å². The van der Waals surface area contributed by atoms with Crippen LogP contribution in [-0.4, -0.2) is 0 Å². The quantitative estimate of drug-likeness (QED) is 0.512. The lowest BCUT2D eigenvalue weighted by molar-refractivity contribution is 0.0516. The van der Waals surface area contributed by atoms with Gasteiger partial charge in [-0.3, -0.25) is 0 Å². The van der Waals surface area contributed by atoms with Gasteiger partial charge in [0.1, 0.15) is 0 Å². The van der Waals surface area contributed by atoms with Crippen LogP contribution < -0.4 is 0 Å². The van der Waals surface area contributed by atoms with Crippen LogP contribution in [0.5, 0.6) is 0 Å². The lowest BCUT2D eigenvalue weighted by Gasteiger charge is -2.46. The largest absolute Gasteiger partial charge is 0.103 e. The van der Waals surface area contributed by atoms with Gasteiger partial charge < -0.3 is 0 Å². The van der Waals surface area contributed by atoms with Gasteiger partial charge in [-0.05, 0) is 43.4 Å². The van der Waals surface area contributed by atoms with Crippen molar-refractivity contribution >= 4 is 0 Å². The van der Waals surface area contributed by atoms with Crippen molar-refractivity contribution in [3.8, 4) is 0 Å². The summed E-state index contributed by atoms with van der Waals surface area (Å²) in [7, 11) is 0. The Hall–Kier alpha value is -0.260. The molecular formula is C10H16.